The van der Waals surface area contributed by atoms with Gasteiger partial charge in [0.1, 0.15) is 17.4 Å². The molecule has 1 aliphatic heterocycles. The SMILES string of the molecule is C=CC1COC(c2ccc(C(F)(F)Oc3cc(F)c(/C=C/C(F)(F)F)c(F)c3)cc2)OC1. The van der Waals surface area contributed by atoms with E-state index in [9.17, 15) is 30.7 Å². The molecule has 3 rings (SSSR count). The van der Waals surface area contributed by atoms with Crippen molar-refractivity contribution >= 4 is 6.08 Å². The maximum absolute atomic E-state index is 14.5. The second-order valence-electron chi connectivity index (χ2n) is 6.91. The Morgan fingerprint density at radius 3 is 2.00 bits per heavy atom. The van der Waals surface area contributed by atoms with Crippen molar-refractivity contribution in [2.45, 2.75) is 18.6 Å². The highest BCUT2D eigenvalue weighted by Crippen LogP contribution is 2.35. The van der Waals surface area contributed by atoms with Gasteiger partial charge in [0, 0.05) is 35.3 Å². The molecular formula is C22H17F7O3. The van der Waals surface area contributed by atoms with E-state index in [0.717, 1.165) is 12.1 Å². The molecule has 10 heteroatoms. The molecule has 0 aromatic heterocycles. The van der Waals surface area contributed by atoms with Crippen LogP contribution in [0.15, 0.2) is 55.1 Å². The molecule has 1 saturated heterocycles. The first-order valence-electron chi connectivity index (χ1n) is 9.26. The zero-order chi connectivity index (χ0) is 23.5. The van der Waals surface area contributed by atoms with Crippen LogP contribution in [0.3, 0.4) is 0 Å². The van der Waals surface area contributed by atoms with Gasteiger partial charge in [0.2, 0.25) is 0 Å². The van der Waals surface area contributed by atoms with E-state index < -0.39 is 47.1 Å². The van der Waals surface area contributed by atoms with E-state index in [1.807, 2.05) is 0 Å². The fourth-order valence-corrected chi connectivity index (χ4v) is 2.84. The predicted octanol–water partition coefficient (Wildman–Crippen LogP) is 6.52. The van der Waals surface area contributed by atoms with Crippen LogP contribution in [0.5, 0.6) is 5.75 Å². The van der Waals surface area contributed by atoms with E-state index in [0.29, 0.717) is 30.9 Å². The average molecular weight is 462 g/mol. The van der Waals surface area contributed by atoms with Gasteiger partial charge in [-0.05, 0) is 18.2 Å². The third-order valence-corrected chi connectivity index (χ3v) is 4.51. The number of rotatable bonds is 6. The average Bonchev–Trinajstić information content (AvgIpc) is 2.72. The van der Waals surface area contributed by atoms with Gasteiger partial charge in [-0.25, -0.2) is 8.78 Å². The first-order chi connectivity index (χ1) is 15.0. The van der Waals surface area contributed by atoms with Crippen molar-refractivity contribution in [3.63, 3.8) is 0 Å². The van der Waals surface area contributed by atoms with E-state index in [4.69, 9.17) is 9.47 Å². The van der Waals surface area contributed by atoms with Gasteiger partial charge in [-0.3, -0.25) is 0 Å². The van der Waals surface area contributed by atoms with Gasteiger partial charge >= 0.3 is 12.3 Å². The topological polar surface area (TPSA) is 27.7 Å². The van der Waals surface area contributed by atoms with E-state index in [1.165, 1.54) is 12.1 Å². The minimum atomic E-state index is -4.80. The summed E-state index contributed by atoms with van der Waals surface area (Å²) in [5.41, 5.74) is -1.18. The quantitative estimate of drug-likeness (QED) is 0.362. The molecule has 0 N–H and O–H groups in total. The largest absolute Gasteiger partial charge is 0.429 e. The lowest BCUT2D eigenvalue weighted by atomic mass is 10.1. The first-order valence-corrected chi connectivity index (χ1v) is 9.26. The molecule has 32 heavy (non-hydrogen) atoms. The molecule has 1 heterocycles. The summed E-state index contributed by atoms with van der Waals surface area (Å²) in [5, 5.41) is 0. The minimum Gasteiger partial charge on any atom is -0.429 e. The maximum atomic E-state index is 14.5. The van der Waals surface area contributed by atoms with Crippen LogP contribution >= 0.6 is 0 Å². The normalized spacial score (nSPS) is 19.8. The third kappa shape index (κ3) is 5.89. The van der Waals surface area contributed by atoms with Crippen LogP contribution in [0.2, 0.25) is 0 Å². The number of alkyl halides is 5. The van der Waals surface area contributed by atoms with Crippen LogP contribution < -0.4 is 4.74 Å². The summed E-state index contributed by atoms with van der Waals surface area (Å²) in [6.45, 7) is 4.36. The molecule has 2 aromatic rings. The fraction of sp³-hybridized carbons (Fsp3) is 0.273. The summed E-state index contributed by atoms with van der Waals surface area (Å²) in [5.74, 6) is -3.85. The molecule has 0 saturated carbocycles. The van der Waals surface area contributed by atoms with Crippen LogP contribution in [-0.2, 0) is 15.6 Å². The second-order valence-corrected chi connectivity index (χ2v) is 6.91. The standard InChI is InChI=1S/C22H17F7O3/c1-2-13-11-30-20(31-12-13)14-3-5-15(6-4-14)22(28,29)32-16-9-18(23)17(19(24)10-16)7-8-21(25,26)27/h2-10,13,20H,1,11-12H2/b8-7+. The molecule has 2 aromatic carbocycles. The van der Waals surface area contributed by atoms with Crippen molar-refractivity contribution in [2.24, 2.45) is 5.92 Å². The Bertz CT molecular complexity index is 953. The molecule has 0 amide bonds. The Morgan fingerprint density at radius 1 is 0.938 bits per heavy atom. The van der Waals surface area contributed by atoms with Crippen molar-refractivity contribution in [2.75, 3.05) is 13.2 Å². The van der Waals surface area contributed by atoms with Crippen molar-refractivity contribution in [3.8, 4) is 5.75 Å². The van der Waals surface area contributed by atoms with Crippen LogP contribution in [0.4, 0.5) is 30.7 Å². The molecule has 172 valence electrons. The van der Waals surface area contributed by atoms with Gasteiger partial charge in [0.05, 0.1) is 18.8 Å². The molecule has 0 radical (unpaired) electrons. The second kappa shape index (κ2) is 9.33. The first kappa shape index (κ1) is 23.8. The molecule has 0 bridgehead atoms. The molecule has 1 fully saturated rings. The summed E-state index contributed by atoms with van der Waals surface area (Å²) in [4.78, 5) is 0. The van der Waals surface area contributed by atoms with Crippen LogP contribution in [-0.4, -0.2) is 19.4 Å². The number of ether oxygens (including phenoxy) is 3. The summed E-state index contributed by atoms with van der Waals surface area (Å²) < 4.78 is 109. The van der Waals surface area contributed by atoms with Gasteiger partial charge in [0.15, 0.2) is 6.29 Å². The highest BCUT2D eigenvalue weighted by atomic mass is 19.4. The monoisotopic (exact) mass is 462 g/mol. The predicted molar refractivity (Wildman–Crippen MR) is 101 cm³/mol. The lowest BCUT2D eigenvalue weighted by Crippen LogP contribution is -2.26. The van der Waals surface area contributed by atoms with E-state index in [1.54, 1.807) is 6.08 Å². The number of halogens is 7. The lowest BCUT2D eigenvalue weighted by Gasteiger charge is -2.28. The molecular weight excluding hydrogens is 445 g/mol. The number of allylic oxidation sites excluding steroid dienone is 1. The van der Waals surface area contributed by atoms with Gasteiger partial charge in [0.25, 0.3) is 0 Å². The van der Waals surface area contributed by atoms with Crippen LogP contribution in [0, 0.1) is 17.6 Å². The summed E-state index contributed by atoms with van der Waals surface area (Å²) in [7, 11) is 0. The van der Waals surface area contributed by atoms with Gasteiger partial charge < -0.3 is 14.2 Å². The van der Waals surface area contributed by atoms with Crippen LogP contribution in [0.25, 0.3) is 6.08 Å². The summed E-state index contributed by atoms with van der Waals surface area (Å²) in [6, 6.07) is 5.49. The maximum Gasteiger partial charge on any atom is 0.426 e. The highest BCUT2D eigenvalue weighted by molar-refractivity contribution is 5.53. The van der Waals surface area contributed by atoms with Crippen molar-refractivity contribution in [1.82, 2.24) is 0 Å². The highest BCUT2D eigenvalue weighted by Gasteiger charge is 2.35. The molecule has 1 aliphatic rings. The molecule has 0 aliphatic carbocycles. The van der Waals surface area contributed by atoms with E-state index in [2.05, 4.69) is 11.3 Å². The third-order valence-electron chi connectivity index (χ3n) is 4.51. The smallest absolute Gasteiger partial charge is 0.426 e. The summed E-state index contributed by atoms with van der Waals surface area (Å²) in [6.07, 6.45) is -8.05. The van der Waals surface area contributed by atoms with Crippen molar-refractivity contribution < 1.29 is 44.9 Å². The molecule has 0 atom stereocenters. The Labute approximate surface area is 178 Å². The zero-order valence-corrected chi connectivity index (χ0v) is 16.3. The lowest BCUT2D eigenvalue weighted by molar-refractivity contribution is -0.198. The number of hydrogen-bond acceptors (Lipinski definition) is 3. The van der Waals surface area contributed by atoms with Gasteiger partial charge in [-0.15, -0.1) is 6.58 Å². The summed E-state index contributed by atoms with van der Waals surface area (Å²) >= 11 is 0. The minimum absolute atomic E-state index is 0.0272. The Kier molecular flexibility index (Phi) is 6.94. The van der Waals surface area contributed by atoms with Crippen molar-refractivity contribution in [3.05, 3.63) is 83.5 Å². The van der Waals surface area contributed by atoms with Crippen LogP contribution in [0.1, 0.15) is 23.0 Å². The Hall–Kier alpha value is -2.85. The fourth-order valence-electron chi connectivity index (χ4n) is 2.84. The molecule has 0 spiro atoms. The molecule has 0 unspecified atom stereocenters. The number of benzene rings is 2. The zero-order valence-electron chi connectivity index (χ0n) is 16.3. The Balaban J connectivity index is 1.73. The van der Waals surface area contributed by atoms with Gasteiger partial charge in [-0.1, -0.05) is 18.2 Å². The molecule has 3 nitrogen and oxygen atoms in total. The van der Waals surface area contributed by atoms with E-state index in [-0.39, 0.29) is 18.1 Å². The van der Waals surface area contributed by atoms with Gasteiger partial charge in [-0.2, -0.15) is 22.0 Å². The van der Waals surface area contributed by atoms with Crippen molar-refractivity contribution in [1.29, 1.82) is 0 Å². The number of hydrogen-bond donors (Lipinski definition) is 0. The Morgan fingerprint density at radius 2 is 1.50 bits per heavy atom. The van der Waals surface area contributed by atoms with E-state index >= 15 is 0 Å².